The fourth-order valence-corrected chi connectivity index (χ4v) is 0.736. The number of ether oxygens (including phenoxy) is 3. The van der Waals surface area contributed by atoms with Crippen molar-refractivity contribution < 1.29 is 34.6 Å². The highest BCUT2D eigenvalue weighted by atomic mass is 16.7. The molecule has 0 heterocycles. The second kappa shape index (κ2) is 15.7. The van der Waals surface area contributed by atoms with Crippen LogP contribution in [0.25, 0.3) is 0 Å². The smallest absolute Gasteiger partial charge is 0.154 e. The van der Waals surface area contributed by atoms with E-state index in [-0.39, 0.29) is 13.2 Å². The van der Waals surface area contributed by atoms with E-state index in [4.69, 9.17) is 29.9 Å². The molecule has 0 aromatic heterocycles. The molecule has 0 aliphatic carbocycles. The summed E-state index contributed by atoms with van der Waals surface area (Å²) in [5.41, 5.74) is 0. The average molecular weight is 256 g/mol. The topological polar surface area (TPSA) is 109 Å². The molecule has 0 saturated carbocycles. The van der Waals surface area contributed by atoms with Crippen LogP contribution in [-0.2, 0) is 14.2 Å². The van der Waals surface area contributed by atoms with Gasteiger partial charge in [-0.3, -0.25) is 0 Å². The monoisotopic (exact) mass is 256 g/mol. The lowest BCUT2D eigenvalue weighted by Crippen LogP contribution is -2.14. The maximum absolute atomic E-state index is 8.34. The Bertz CT molecular complexity index is 116. The minimum Gasteiger partial charge on any atom is -0.394 e. The SMILES string of the molecule is CC(O)OC(C)O.OCCOCCOCCO. The first-order chi connectivity index (χ1) is 8.04. The van der Waals surface area contributed by atoms with Crippen molar-refractivity contribution in [2.24, 2.45) is 0 Å². The van der Waals surface area contributed by atoms with Gasteiger partial charge in [0.1, 0.15) is 0 Å². The van der Waals surface area contributed by atoms with Gasteiger partial charge in [-0.25, -0.2) is 0 Å². The summed E-state index contributed by atoms with van der Waals surface area (Å²) in [6.07, 6.45) is -1.75. The van der Waals surface area contributed by atoms with Gasteiger partial charge in [-0.2, -0.15) is 0 Å². The lowest BCUT2D eigenvalue weighted by Gasteiger charge is -2.07. The van der Waals surface area contributed by atoms with Crippen LogP contribution in [0.4, 0.5) is 0 Å². The average Bonchev–Trinajstić information content (AvgIpc) is 2.22. The van der Waals surface area contributed by atoms with Crippen molar-refractivity contribution in [3.63, 3.8) is 0 Å². The van der Waals surface area contributed by atoms with Gasteiger partial charge in [0.15, 0.2) is 12.6 Å². The predicted molar refractivity (Wildman–Crippen MR) is 60.3 cm³/mol. The highest BCUT2D eigenvalue weighted by molar-refractivity contribution is 4.30. The van der Waals surface area contributed by atoms with Crippen LogP contribution in [0.15, 0.2) is 0 Å². The molecule has 0 bridgehead atoms. The predicted octanol–water partition coefficient (Wildman–Crippen LogP) is -1.32. The fraction of sp³-hybridized carbons (Fsp3) is 1.00. The normalized spacial score (nSPS) is 13.8. The van der Waals surface area contributed by atoms with E-state index in [2.05, 4.69) is 4.74 Å². The molecule has 4 N–H and O–H groups in total. The van der Waals surface area contributed by atoms with Crippen LogP contribution in [-0.4, -0.2) is 72.6 Å². The van der Waals surface area contributed by atoms with Crippen LogP contribution in [0.2, 0.25) is 0 Å². The summed E-state index contributed by atoms with van der Waals surface area (Å²) in [7, 11) is 0. The maximum atomic E-state index is 8.34. The number of rotatable bonds is 9. The first-order valence-electron chi connectivity index (χ1n) is 5.43. The molecule has 0 aromatic rings. The molecule has 0 aliphatic heterocycles. The summed E-state index contributed by atoms with van der Waals surface area (Å²) < 4.78 is 14.1. The van der Waals surface area contributed by atoms with Crippen LogP contribution in [0, 0.1) is 0 Å². The molecule has 7 heteroatoms. The fourth-order valence-electron chi connectivity index (χ4n) is 0.736. The minimum atomic E-state index is -0.875. The van der Waals surface area contributed by atoms with E-state index in [1.54, 1.807) is 0 Å². The van der Waals surface area contributed by atoms with E-state index in [1.165, 1.54) is 13.8 Å². The van der Waals surface area contributed by atoms with E-state index in [9.17, 15) is 0 Å². The second-order valence-corrected chi connectivity index (χ2v) is 3.01. The largest absolute Gasteiger partial charge is 0.394 e. The van der Waals surface area contributed by atoms with Gasteiger partial charge in [0.25, 0.3) is 0 Å². The van der Waals surface area contributed by atoms with Crippen LogP contribution >= 0.6 is 0 Å². The van der Waals surface area contributed by atoms with Gasteiger partial charge in [0, 0.05) is 0 Å². The van der Waals surface area contributed by atoms with E-state index < -0.39 is 12.6 Å². The van der Waals surface area contributed by atoms with E-state index >= 15 is 0 Å². The van der Waals surface area contributed by atoms with E-state index in [1.807, 2.05) is 0 Å². The van der Waals surface area contributed by atoms with Crippen LogP contribution < -0.4 is 0 Å². The number of aliphatic hydroxyl groups excluding tert-OH is 4. The molecule has 2 unspecified atom stereocenters. The summed E-state index contributed by atoms with van der Waals surface area (Å²) in [5, 5.41) is 33.2. The molecule has 106 valence electrons. The molecule has 17 heavy (non-hydrogen) atoms. The molecular formula is C10H24O7. The Labute approximate surface area is 102 Å². The van der Waals surface area contributed by atoms with Gasteiger partial charge in [0.05, 0.1) is 39.6 Å². The van der Waals surface area contributed by atoms with E-state index in [0.29, 0.717) is 26.4 Å². The molecule has 2 atom stereocenters. The third-order valence-corrected chi connectivity index (χ3v) is 1.24. The van der Waals surface area contributed by atoms with Gasteiger partial charge in [-0.05, 0) is 13.8 Å². The Balaban J connectivity index is 0. The van der Waals surface area contributed by atoms with Gasteiger partial charge in [-0.15, -0.1) is 0 Å². The van der Waals surface area contributed by atoms with Crippen molar-refractivity contribution in [1.82, 2.24) is 0 Å². The summed E-state index contributed by atoms with van der Waals surface area (Å²) >= 11 is 0. The zero-order valence-corrected chi connectivity index (χ0v) is 10.4. The van der Waals surface area contributed by atoms with Crippen molar-refractivity contribution in [1.29, 1.82) is 0 Å². The number of aliphatic hydroxyl groups is 4. The van der Waals surface area contributed by atoms with Gasteiger partial charge < -0.3 is 34.6 Å². The molecule has 0 saturated heterocycles. The Morgan fingerprint density at radius 1 is 0.765 bits per heavy atom. The Morgan fingerprint density at radius 2 is 1.12 bits per heavy atom. The summed E-state index contributed by atoms with van der Waals surface area (Å²) in [6.45, 7) is 4.60. The maximum Gasteiger partial charge on any atom is 0.154 e. The lowest BCUT2D eigenvalue weighted by atomic mass is 10.7. The number of hydrogen-bond donors (Lipinski definition) is 4. The molecule has 0 rings (SSSR count). The Hall–Kier alpha value is -0.280. The third kappa shape index (κ3) is 25.7. The van der Waals surface area contributed by atoms with Crippen molar-refractivity contribution in [3.8, 4) is 0 Å². The molecule has 0 spiro atoms. The molecular weight excluding hydrogens is 232 g/mol. The highest BCUT2D eigenvalue weighted by Gasteiger charge is 1.97. The van der Waals surface area contributed by atoms with Gasteiger partial charge in [-0.1, -0.05) is 0 Å². The van der Waals surface area contributed by atoms with Gasteiger partial charge >= 0.3 is 0 Å². The zero-order chi connectivity index (χ0) is 13.5. The minimum absolute atomic E-state index is 0.0417. The van der Waals surface area contributed by atoms with E-state index in [0.717, 1.165) is 0 Å². The number of hydrogen-bond acceptors (Lipinski definition) is 7. The molecule has 0 amide bonds. The molecule has 0 aliphatic rings. The Kier molecular flexibility index (Phi) is 17.6. The zero-order valence-electron chi connectivity index (χ0n) is 10.4. The molecule has 7 nitrogen and oxygen atoms in total. The van der Waals surface area contributed by atoms with Crippen LogP contribution in [0.3, 0.4) is 0 Å². The molecule has 0 aromatic carbocycles. The summed E-state index contributed by atoms with van der Waals surface area (Å²) in [6, 6.07) is 0. The first kappa shape index (κ1) is 19.1. The van der Waals surface area contributed by atoms with Crippen LogP contribution in [0.5, 0.6) is 0 Å². The second-order valence-electron chi connectivity index (χ2n) is 3.01. The lowest BCUT2D eigenvalue weighted by molar-refractivity contribution is -0.190. The Morgan fingerprint density at radius 3 is 1.29 bits per heavy atom. The van der Waals surface area contributed by atoms with Crippen molar-refractivity contribution in [2.75, 3.05) is 39.6 Å². The van der Waals surface area contributed by atoms with Crippen molar-refractivity contribution in [3.05, 3.63) is 0 Å². The van der Waals surface area contributed by atoms with Crippen molar-refractivity contribution in [2.45, 2.75) is 26.4 Å². The van der Waals surface area contributed by atoms with Crippen LogP contribution in [0.1, 0.15) is 13.8 Å². The van der Waals surface area contributed by atoms with Crippen molar-refractivity contribution >= 4 is 0 Å². The quantitative estimate of drug-likeness (QED) is 0.299. The standard InChI is InChI=1S/C6H14O4.C4H10O3/c7-1-3-9-5-6-10-4-2-8;1-3(5)7-4(2)6/h7-8H,1-6H2;3-6H,1-2H3. The first-order valence-corrected chi connectivity index (χ1v) is 5.43. The molecule has 0 fully saturated rings. The highest BCUT2D eigenvalue weighted by Crippen LogP contribution is 1.87. The summed E-state index contributed by atoms with van der Waals surface area (Å²) in [5.74, 6) is 0. The molecule has 0 radical (unpaired) electrons. The third-order valence-electron chi connectivity index (χ3n) is 1.24. The summed E-state index contributed by atoms with van der Waals surface area (Å²) in [4.78, 5) is 0. The van der Waals surface area contributed by atoms with Gasteiger partial charge in [0.2, 0.25) is 0 Å².